The van der Waals surface area contributed by atoms with Crippen molar-refractivity contribution >= 4 is 23.5 Å². The molecular formula is C20H19N5O4S. The number of hydrogen-bond donors (Lipinski definition) is 0. The molecule has 5 rings (SSSR count). The fourth-order valence-electron chi connectivity index (χ4n) is 3.35. The summed E-state index contributed by atoms with van der Waals surface area (Å²) in [5.74, 6) is 2.99. The van der Waals surface area contributed by atoms with Gasteiger partial charge in [0, 0.05) is 37.9 Å². The van der Waals surface area contributed by atoms with Crippen LogP contribution >= 0.6 is 11.8 Å². The van der Waals surface area contributed by atoms with E-state index in [4.69, 9.17) is 13.9 Å². The number of carbonyl (C=O) groups excluding carboxylic acids is 1. The molecule has 3 aromatic rings. The standard InChI is InChI=1S/C20H19N5O4S/c26-18(25-9-7-24(8-10-25)17-3-1-2-6-21-17)12-30-20-23-22-19(29-20)14-4-5-15-16(11-14)28-13-27-15/h1-6,11H,7-10,12-13H2. The molecule has 0 aliphatic carbocycles. The molecule has 0 bridgehead atoms. The number of thioether (sulfide) groups is 1. The molecule has 4 heterocycles. The van der Waals surface area contributed by atoms with Gasteiger partial charge >= 0.3 is 0 Å². The smallest absolute Gasteiger partial charge is 0.277 e. The number of anilines is 1. The van der Waals surface area contributed by atoms with Crippen molar-refractivity contribution in [1.29, 1.82) is 0 Å². The minimum absolute atomic E-state index is 0.0588. The van der Waals surface area contributed by atoms with Gasteiger partial charge in [-0.15, -0.1) is 10.2 Å². The van der Waals surface area contributed by atoms with E-state index in [1.165, 1.54) is 11.8 Å². The molecule has 1 aromatic carbocycles. The molecule has 0 saturated carbocycles. The van der Waals surface area contributed by atoms with Crippen LogP contribution in [0.15, 0.2) is 52.2 Å². The van der Waals surface area contributed by atoms with Crippen molar-refractivity contribution in [2.45, 2.75) is 5.22 Å². The van der Waals surface area contributed by atoms with Gasteiger partial charge in [-0.2, -0.15) is 0 Å². The number of piperazine rings is 1. The van der Waals surface area contributed by atoms with Crippen LogP contribution in [0, 0.1) is 0 Å². The summed E-state index contributed by atoms with van der Waals surface area (Å²) in [7, 11) is 0. The monoisotopic (exact) mass is 425 g/mol. The lowest BCUT2D eigenvalue weighted by molar-refractivity contribution is -0.128. The Labute approximate surface area is 177 Å². The van der Waals surface area contributed by atoms with Gasteiger partial charge in [0.05, 0.1) is 5.75 Å². The summed E-state index contributed by atoms with van der Waals surface area (Å²) in [5, 5.41) is 8.48. The van der Waals surface area contributed by atoms with Gasteiger partial charge in [0.1, 0.15) is 5.82 Å². The van der Waals surface area contributed by atoms with E-state index in [0.29, 0.717) is 35.7 Å². The average molecular weight is 425 g/mol. The molecule has 10 heteroatoms. The van der Waals surface area contributed by atoms with E-state index in [1.807, 2.05) is 35.2 Å². The van der Waals surface area contributed by atoms with Crippen LogP contribution in [0.25, 0.3) is 11.5 Å². The van der Waals surface area contributed by atoms with Crippen molar-refractivity contribution < 1.29 is 18.7 Å². The zero-order valence-electron chi connectivity index (χ0n) is 16.1. The molecule has 1 amide bonds. The second-order valence-corrected chi connectivity index (χ2v) is 7.71. The van der Waals surface area contributed by atoms with E-state index in [9.17, 15) is 4.79 Å². The third-order valence-corrected chi connectivity index (χ3v) is 5.75. The van der Waals surface area contributed by atoms with Crippen LogP contribution in [-0.2, 0) is 4.79 Å². The first-order valence-corrected chi connectivity index (χ1v) is 10.5. The van der Waals surface area contributed by atoms with Gasteiger partial charge in [0.25, 0.3) is 5.22 Å². The molecule has 0 atom stereocenters. The predicted octanol–water partition coefficient (Wildman–Crippen LogP) is 2.30. The van der Waals surface area contributed by atoms with E-state index in [-0.39, 0.29) is 18.5 Å². The molecule has 2 aromatic heterocycles. The number of nitrogens with zero attached hydrogens (tertiary/aromatic N) is 5. The number of ether oxygens (including phenoxy) is 2. The number of rotatable bonds is 5. The highest BCUT2D eigenvalue weighted by Crippen LogP contribution is 2.36. The Morgan fingerprint density at radius 3 is 2.73 bits per heavy atom. The lowest BCUT2D eigenvalue weighted by Gasteiger charge is -2.35. The molecule has 1 saturated heterocycles. The van der Waals surface area contributed by atoms with Crippen molar-refractivity contribution in [2.24, 2.45) is 0 Å². The zero-order chi connectivity index (χ0) is 20.3. The largest absolute Gasteiger partial charge is 0.454 e. The summed E-state index contributed by atoms with van der Waals surface area (Å²) in [6, 6.07) is 11.3. The van der Waals surface area contributed by atoms with E-state index in [2.05, 4.69) is 20.1 Å². The van der Waals surface area contributed by atoms with Gasteiger partial charge in [0.15, 0.2) is 11.5 Å². The minimum atomic E-state index is 0.0588. The van der Waals surface area contributed by atoms with Crippen molar-refractivity contribution in [3.8, 4) is 23.0 Å². The molecule has 1 fully saturated rings. The summed E-state index contributed by atoms with van der Waals surface area (Å²) in [5.41, 5.74) is 0.746. The molecule has 0 radical (unpaired) electrons. The van der Waals surface area contributed by atoms with Crippen LogP contribution < -0.4 is 14.4 Å². The maximum Gasteiger partial charge on any atom is 0.277 e. The van der Waals surface area contributed by atoms with Crippen LogP contribution in [0.4, 0.5) is 5.82 Å². The first-order chi connectivity index (χ1) is 14.8. The Hall–Kier alpha value is -3.27. The van der Waals surface area contributed by atoms with Crippen molar-refractivity contribution in [3.05, 3.63) is 42.6 Å². The third kappa shape index (κ3) is 3.90. The Morgan fingerprint density at radius 1 is 1.03 bits per heavy atom. The third-order valence-electron chi connectivity index (χ3n) is 4.95. The number of benzene rings is 1. The van der Waals surface area contributed by atoms with Crippen molar-refractivity contribution in [3.63, 3.8) is 0 Å². The van der Waals surface area contributed by atoms with Gasteiger partial charge in [-0.3, -0.25) is 4.79 Å². The quantitative estimate of drug-likeness (QED) is 0.571. The van der Waals surface area contributed by atoms with Crippen molar-refractivity contribution in [2.75, 3.05) is 43.6 Å². The zero-order valence-corrected chi connectivity index (χ0v) is 16.9. The SMILES string of the molecule is O=C(CSc1nnc(-c2ccc3c(c2)OCO3)o1)N1CCN(c2ccccn2)CC1. The predicted molar refractivity (Wildman–Crippen MR) is 110 cm³/mol. The molecule has 2 aliphatic heterocycles. The van der Waals surface area contributed by atoms with E-state index in [0.717, 1.165) is 24.5 Å². The normalized spacial score (nSPS) is 15.5. The number of fused-ring (bicyclic) bond motifs is 1. The fourth-order valence-corrected chi connectivity index (χ4v) is 4.02. The maximum atomic E-state index is 12.6. The molecule has 0 N–H and O–H groups in total. The van der Waals surface area contributed by atoms with Gasteiger partial charge in [-0.25, -0.2) is 4.98 Å². The second-order valence-electron chi connectivity index (χ2n) is 6.79. The average Bonchev–Trinajstić information content (AvgIpc) is 3.47. The summed E-state index contributed by atoms with van der Waals surface area (Å²) < 4.78 is 16.4. The minimum Gasteiger partial charge on any atom is -0.454 e. The molecule has 30 heavy (non-hydrogen) atoms. The Bertz CT molecular complexity index is 1040. The molecule has 154 valence electrons. The van der Waals surface area contributed by atoms with Crippen LogP contribution in [0.5, 0.6) is 11.5 Å². The number of amides is 1. The van der Waals surface area contributed by atoms with Crippen LogP contribution in [0.3, 0.4) is 0 Å². The molecule has 9 nitrogen and oxygen atoms in total. The molecular weight excluding hydrogens is 406 g/mol. The highest BCUT2D eigenvalue weighted by atomic mass is 32.2. The van der Waals surface area contributed by atoms with Crippen LogP contribution in [0.1, 0.15) is 0 Å². The number of aromatic nitrogens is 3. The Morgan fingerprint density at radius 2 is 1.90 bits per heavy atom. The van der Waals surface area contributed by atoms with Crippen molar-refractivity contribution in [1.82, 2.24) is 20.1 Å². The van der Waals surface area contributed by atoms with Gasteiger partial charge in [-0.05, 0) is 30.3 Å². The van der Waals surface area contributed by atoms with E-state index >= 15 is 0 Å². The number of carbonyl (C=O) groups is 1. The highest BCUT2D eigenvalue weighted by molar-refractivity contribution is 7.99. The summed E-state index contributed by atoms with van der Waals surface area (Å²) in [4.78, 5) is 21.0. The van der Waals surface area contributed by atoms with E-state index in [1.54, 1.807) is 12.3 Å². The van der Waals surface area contributed by atoms with E-state index < -0.39 is 0 Å². The number of hydrogen-bond acceptors (Lipinski definition) is 9. The summed E-state index contributed by atoms with van der Waals surface area (Å²) >= 11 is 1.25. The number of pyridine rings is 1. The molecule has 0 unspecified atom stereocenters. The lowest BCUT2D eigenvalue weighted by Crippen LogP contribution is -2.49. The lowest BCUT2D eigenvalue weighted by atomic mass is 10.2. The van der Waals surface area contributed by atoms with Gasteiger partial charge in [0.2, 0.25) is 18.6 Å². The summed E-state index contributed by atoms with van der Waals surface area (Å²) in [6.07, 6.45) is 1.78. The van der Waals surface area contributed by atoms with Crippen LogP contribution in [-0.4, -0.2) is 64.7 Å². The Balaban J connectivity index is 1.14. The first kappa shape index (κ1) is 18.7. The maximum absolute atomic E-state index is 12.6. The highest BCUT2D eigenvalue weighted by Gasteiger charge is 2.23. The Kier molecular flexibility index (Phi) is 5.14. The molecule has 0 spiro atoms. The first-order valence-electron chi connectivity index (χ1n) is 9.56. The van der Waals surface area contributed by atoms with Crippen LogP contribution in [0.2, 0.25) is 0 Å². The summed E-state index contributed by atoms with van der Waals surface area (Å²) in [6.45, 7) is 3.08. The second kappa shape index (κ2) is 8.23. The topological polar surface area (TPSA) is 93.8 Å². The fraction of sp³-hybridized carbons (Fsp3) is 0.300. The molecule has 2 aliphatic rings. The van der Waals surface area contributed by atoms with Gasteiger partial charge < -0.3 is 23.7 Å². The van der Waals surface area contributed by atoms with Gasteiger partial charge in [-0.1, -0.05) is 17.8 Å².